The van der Waals surface area contributed by atoms with Crippen molar-refractivity contribution in [3.63, 3.8) is 0 Å². The minimum absolute atomic E-state index is 0.236. The highest BCUT2D eigenvalue weighted by Crippen LogP contribution is 2.29. The Kier molecular flexibility index (Phi) is 12.3. The van der Waals surface area contributed by atoms with Crippen molar-refractivity contribution in [1.82, 2.24) is 0 Å². The van der Waals surface area contributed by atoms with Gasteiger partial charge in [0.25, 0.3) is 0 Å². The minimum Gasteiger partial charge on any atom is -0.478 e. The second-order valence-electron chi connectivity index (χ2n) is 13.3. The zero-order chi connectivity index (χ0) is 36.5. The Morgan fingerprint density at radius 2 is 0.939 bits per heavy atom. The molecular formula is C39H44N2O8. The van der Waals surface area contributed by atoms with Gasteiger partial charge in [0.15, 0.2) is 0 Å². The van der Waals surface area contributed by atoms with Crippen molar-refractivity contribution in [2.24, 2.45) is 0 Å². The van der Waals surface area contributed by atoms with E-state index in [1.807, 2.05) is 77.1 Å². The third kappa shape index (κ3) is 11.8. The van der Waals surface area contributed by atoms with Gasteiger partial charge in [-0.3, -0.25) is 10.6 Å². The number of methoxy groups -OCH3 is 1. The van der Waals surface area contributed by atoms with Gasteiger partial charge in [0.2, 0.25) is 0 Å². The smallest absolute Gasteiger partial charge is 0.412 e. The molecule has 4 aromatic carbocycles. The Bertz CT molecular complexity index is 1800. The molecule has 0 spiro atoms. The molecule has 0 unspecified atom stereocenters. The molecule has 0 saturated carbocycles. The first-order valence-electron chi connectivity index (χ1n) is 15.6. The van der Waals surface area contributed by atoms with Crippen molar-refractivity contribution in [2.75, 3.05) is 17.7 Å². The molecule has 4 rings (SSSR count). The number of ether oxygens (including phenoxy) is 3. The Hall–Kier alpha value is -5.64. The van der Waals surface area contributed by atoms with Crippen molar-refractivity contribution < 1.29 is 38.5 Å². The molecule has 0 heterocycles. The molecule has 0 fully saturated rings. The summed E-state index contributed by atoms with van der Waals surface area (Å²) in [6, 6.07) is 24.9. The monoisotopic (exact) mass is 668 g/mol. The van der Waals surface area contributed by atoms with E-state index in [9.17, 15) is 19.2 Å². The SMILES string of the molecule is COC(=O)c1ccc(-c2cc(NC(=O)OC(C)(C)C)ccc2C)cc1.Cc1ccc(NC(=O)OC(C)(C)C)cc1-c1ccc(C(=O)O)cc1. The number of hydrogen-bond acceptors (Lipinski definition) is 7. The van der Waals surface area contributed by atoms with Gasteiger partial charge in [-0.25, -0.2) is 19.2 Å². The standard InChI is InChI=1S/C20H23NO4.C19H21NO4/c1-13-6-11-16(21-19(23)25-20(2,3)4)12-17(13)14-7-9-15(10-8-14)18(22)24-5;1-12-5-10-15(20-18(23)24-19(2,3)4)11-16(12)13-6-8-14(9-7-13)17(21)22/h6-12H,1-5H3,(H,21,23);5-11H,1-4H3,(H,20,23)(H,21,22). The number of carbonyl (C=O) groups is 4. The molecular weight excluding hydrogens is 624 g/mol. The molecule has 3 N–H and O–H groups in total. The predicted octanol–water partition coefficient (Wildman–Crippen LogP) is 9.50. The number of aryl methyl sites for hydroxylation is 2. The first kappa shape index (κ1) is 37.8. The van der Waals surface area contributed by atoms with E-state index in [1.165, 1.54) is 7.11 Å². The number of carboxylic acid groups (broad SMARTS) is 1. The Balaban J connectivity index is 0.000000266. The average molecular weight is 669 g/mol. The summed E-state index contributed by atoms with van der Waals surface area (Å²) in [6.45, 7) is 14.8. The molecule has 0 bridgehead atoms. The van der Waals surface area contributed by atoms with Gasteiger partial charge >= 0.3 is 24.1 Å². The van der Waals surface area contributed by atoms with Crippen molar-refractivity contribution in [3.05, 3.63) is 107 Å². The molecule has 10 nitrogen and oxygen atoms in total. The first-order chi connectivity index (χ1) is 22.8. The van der Waals surface area contributed by atoms with Crippen LogP contribution in [-0.4, -0.2) is 47.5 Å². The lowest BCUT2D eigenvalue weighted by Crippen LogP contribution is -2.27. The van der Waals surface area contributed by atoms with Crippen LogP contribution in [0.1, 0.15) is 73.4 Å². The molecule has 49 heavy (non-hydrogen) atoms. The van der Waals surface area contributed by atoms with Gasteiger partial charge in [0.1, 0.15) is 11.2 Å². The van der Waals surface area contributed by atoms with Crippen molar-refractivity contribution >= 4 is 35.5 Å². The van der Waals surface area contributed by atoms with Gasteiger partial charge in [-0.05, 0) is 137 Å². The summed E-state index contributed by atoms with van der Waals surface area (Å²) in [4.78, 5) is 46.3. The Labute approximate surface area is 287 Å². The molecule has 0 aliphatic rings. The van der Waals surface area contributed by atoms with Gasteiger partial charge in [-0.1, -0.05) is 36.4 Å². The van der Waals surface area contributed by atoms with Crippen molar-refractivity contribution in [3.8, 4) is 22.3 Å². The number of aromatic carboxylic acids is 1. The summed E-state index contributed by atoms with van der Waals surface area (Å²) in [6.07, 6.45) is -1.01. The van der Waals surface area contributed by atoms with Gasteiger partial charge < -0.3 is 19.3 Å². The fourth-order valence-corrected chi connectivity index (χ4v) is 4.56. The van der Waals surface area contributed by atoms with Gasteiger partial charge in [-0.2, -0.15) is 0 Å². The summed E-state index contributed by atoms with van der Waals surface area (Å²) >= 11 is 0. The van der Waals surface area contributed by atoms with Crippen LogP contribution in [-0.2, 0) is 14.2 Å². The maximum Gasteiger partial charge on any atom is 0.412 e. The summed E-state index contributed by atoms with van der Waals surface area (Å²) in [5.74, 6) is -1.33. The summed E-state index contributed by atoms with van der Waals surface area (Å²) in [5, 5.41) is 14.4. The largest absolute Gasteiger partial charge is 0.478 e. The number of esters is 1. The molecule has 10 heteroatoms. The number of benzene rings is 4. The lowest BCUT2D eigenvalue weighted by molar-refractivity contribution is 0.0596. The molecule has 0 aliphatic carbocycles. The average Bonchev–Trinajstić information content (AvgIpc) is 3.01. The molecule has 0 radical (unpaired) electrons. The molecule has 0 aliphatic heterocycles. The summed E-state index contributed by atoms with van der Waals surface area (Å²) in [5.41, 5.74) is 6.65. The normalized spacial score (nSPS) is 11.0. The van der Waals surface area contributed by atoms with Gasteiger partial charge in [0, 0.05) is 11.4 Å². The van der Waals surface area contributed by atoms with E-state index in [4.69, 9.17) is 19.3 Å². The van der Waals surface area contributed by atoms with Gasteiger partial charge in [0.05, 0.1) is 18.2 Å². The Morgan fingerprint density at radius 3 is 1.27 bits per heavy atom. The molecule has 0 saturated heterocycles. The van der Waals surface area contributed by atoms with E-state index in [2.05, 4.69) is 10.6 Å². The van der Waals surface area contributed by atoms with Crippen LogP contribution in [0, 0.1) is 13.8 Å². The third-order valence-electron chi connectivity index (χ3n) is 6.83. The number of rotatable bonds is 6. The summed E-state index contributed by atoms with van der Waals surface area (Å²) in [7, 11) is 1.35. The third-order valence-corrected chi connectivity index (χ3v) is 6.83. The second-order valence-corrected chi connectivity index (χ2v) is 13.3. The van der Waals surface area contributed by atoms with Gasteiger partial charge in [-0.15, -0.1) is 0 Å². The van der Waals surface area contributed by atoms with Crippen molar-refractivity contribution in [2.45, 2.75) is 66.6 Å². The van der Waals surface area contributed by atoms with E-state index >= 15 is 0 Å². The lowest BCUT2D eigenvalue weighted by atomic mass is 9.99. The van der Waals surface area contributed by atoms with Crippen LogP contribution in [0.5, 0.6) is 0 Å². The molecule has 0 atom stereocenters. The van der Waals surface area contributed by atoms with Crippen LogP contribution in [0.3, 0.4) is 0 Å². The first-order valence-corrected chi connectivity index (χ1v) is 15.6. The predicted molar refractivity (Wildman–Crippen MR) is 191 cm³/mol. The van der Waals surface area contributed by atoms with Crippen LogP contribution in [0.15, 0.2) is 84.9 Å². The van der Waals surface area contributed by atoms with Crippen LogP contribution in [0.25, 0.3) is 22.3 Å². The Morgan fingerprint density at radius 1 is 0.571 bits per heavy atom. The maximum atomic E-state index is 11.9. The number of amides is 2. The van der Waals surface area contributed by atoms with E-state index in [-0.39, 0.29) is 11.5 Å². The van der Waals surface area contributed by atoms with Crippen LogP contribution >= 0.6 is 0 Å². The second kappa shape index (κ2) is 16.0. The fourth-order valence-electron chi connectivity index (χ4n) is 4.56. The molecule has 0 aromatic heterocycles. The fraction of sp³-hybridized carbons (Fsp3) is 0.282. The highest BCUT2D eigenvalue weighted by atomic mass is 16.6. The lowest BCUT2D eigenvalue weighted by Gasteiger charge is -2.20. The zero-order valence-corrected chi connectivity index (χ0v) is 29.4. The minimum atomic E-state index is -0.960. The van der Waals surface area contributed by atoms with E-state index in [0.717, 1.165) is 33.4 Å². The van der Waals surface area contributed by atoms with Crippen LogP contribution in [0.2, 0.25) is 0 Å². The van der Waals surface area contributed by atoms with Crippen molar-refractivity contribution in [1.29, 1.82) is 0 Å². The molecule has 258 valence electrons. The number of carboxylic acids is 1. The van der Waals surface area contributed by atoms with E-state index < -0.39 is 29.4 Å². The quantitative estimate of drug-likeness (QED) is 0.136. The molecule has 2 amide bonds. The van der Waals surface area contributed by atoms with Crippen LogP contribution in [0.4, 0.5) is 21.0 Å². The van der Waals surface area contributed by atoms with E-state index in [0.29, 0.717) is 16.9 Å². The molecule has 4 aromatic rings. The zero-order valence-electron chi connectivity index (χ0n) is 29.4. The number of nitrogens with one attached hydrogen (secondary N) is 2. The highest BCUT2D eigenvalue weighted by molar-refractivity contribution is 5.91. The number of hydrogen-bond donors (Lipinski definition) is 3. The topological polar surface area (TPSA) is 140 Å². The maximum absolute atomic E-state index is 11.9. The highest BCUT2D eigenvalue weighted by Gasteiger charge is 2.18. The number of carbonyl (C=O) groups excluding carboxylic acids is 3. The number of anilines is 2. The van der Waals surface area contributed by atoms with E-state index in [1.54, 1.807) is 63.2 Å². The van der Waals surface area contributed by atoms with Crippen LogP contribution < -0.4 is 10.6 Å². The summed E-state index contributed by atoms with van der Waals surface area (Å²) < 4.78 is 15.2.